The number of amides is 1. The minimum Gasteiger partial charge on any atom is -0.361 e. The maximum absolute atomic E-state index is 13.8. The largest absolute Gasteiger partial charge is 0.361 e. The van der Waals surface area contributed by atoms with Crippen molar-refractivity contribution in [3.8, 4) is 0 Å². The molecule has 5 rings (SSSR count). The van der Waals surface area contributed by atoms with Gasteiger partial charge in [-0.3, -0.25) is 14.2 Å². The molecular formula is C26H26N4O2. The number of carbonyl (C=O) groups excluding carboxylic acids is 1. The highest BCUT2D eigenvalue weighted by molar-refractivity contribution is 6.19. The maximum Gasteiger partial charge on any atom is 0.271 e. The second kappa shape index (κ2) is 8.46. The molecule has 2 aromatic carbocycles. The molecule has 0 bridgehead atoms. The number of aromatic nitrogens is 3. The third-order valence-electron chi connectivity index (χ3n) is 6.18. The van der Waals surface area contributed by atoms with Crippen LogP contribution < -0.4 is 5.56 Å². The van der Waals surface area contributed by atoms with E-state index in [2.05, 4.69) is 4.98 Å². The predicted octanol–water partition coefficient (Wildman–Crippen LogP) is 4.45. The van der Waals surface area contributed by atoms with Gasteiger partial charge < -0.3 is 9.88 Å². The Hall–Kier alpha value is -3.67. The van der Waals surface area contributed by atoms with Gasteiger partial charge in [0.2, 0.25) is 0 Å². The van der Waals surface area contributed by atoms with Crippen LogP contribution in [0.5, 0.6) is 0 Å². The van der Waals surface area contributed by atoms with Gasteiger partial charge in [-0.2, -0.15) is 0 Å². The zero-order valence-corrected chi connectivity index (χ0v) is 18.2. The Labute approximate surface area is 186 Å². The van der Waals surface area contributed by atoms with Gasteiger partial charge in [-0.05, 0) is 43.5 Å². The van der Waals surface area contributed by atoms with Gasteiger partial charge in [0.25, 0.3) is 11.5 Å². The molecule has 1 saturated heterocycles. The minimum atomic E-state index is -0.205. The number of piperidine rings is 1. The number of aryl methyl sites for hydroxylation is 1. The van der Waals surface area contributed by atoms with Crippen molar-refractivity contribution >= 4 is 39.5 Å². The van der Waals surface area contributed by atoms with Gasteiger partial charge >= 0.3 is 0 Å². The first kappa shape index (κ1) is 20.2. The lowest BCUT2D eigenvalue weighted by molar-refractivity contribution is -0.126. The summed E-state index contributed by atoms with van der Waals surface area (Å²) in [6.07, 6.45) is 7.36. The Kier molecular flexibility index (Phi) is 5.35. The fourth-order valence-electron chi connectivity index (χ4n) is 4.51. The second-order valence-corrected chi connectivity index (χ2v) is 8.21. The molecule has 0 spiro atoms. The summed E-state index contributed by atoms with van der Waals surface area (Å²) in [6.45, 7) is 3.38. The standard InChI is InChI=1S/C26H26N4O2/c1-2-24-28-22-13-7-5-11-20(22)25(31)30(24)23(26(32)29-14-8-3-9-15-29)16-18-17-27-21-12-6-4-10-19(18)21/h4-7,10-13,16-17,27H,2-3,8-9,14-15H2,1H3/b23-16+. The van der Waals surface area contributed by atoms with Crippen LogP contribution in [0.25, 0.3) is 33.6 Å². The Morgan fingerprint density at radius 3 is 2.53 bits per heavy atom. The number of nitrogens with zero attached hydrogens (tertiary/aromatic N) is 3. The first-order valence-corrected chi connectivity index (χ1v) is 11.3. The summed E-state index contributed by atoms with van der Waals surface area (Å²) in [5, 5.41) is 1.53. The summed E-state index contributed by atoms with van der Waals surface area (Å²) in [5.74, 6) is 0.467. The average molecular weight is 427 g/mol. The summed E-state index contributed by atoms with van der Waals surface area (Å²) < 4.78 is 1.53. The molecule has 1 fully saturated rings. The van der Waals surface area contributed by atoms with Crippen LogP contribution in [-0.2, 0) is 11.2 Å². The van der Waals surface area contributed by atoms with Gasteiger partial charge in [0, 0.05) is 42.2 Å². The molecule has 3 heterocycles. The van der Waals surface area contributed by atoms with Crippen molar-refractivity contribution in [3.05, 3.63) is 76.5 Å². The van der Waals surface area contributed by atoms with E-state index in [1.54, 1.807) is 6.07 Å². The zero-order chi connectivity index (χ0) is 22.1. The van der Waals surface area contributed by atoms with Crippen molar-refractivity contribution in [2.75, 3.05) is 13.1 Å². The highest BCUT2D eigenvalue weighted by Crippen LogP contribution is 2.24. The van der Waals surface area contributed by atoms with Crippen LogP contribution in [0.15, 0.2) is 59.5 Å². The number of rotatable bonds is 4. The lowest BCUT2D eigenvalue weighted by Crippen LogP contribution is -2.39. The van der Waals surface area contributed by atoms with Crippen LogP contribution in [0.2, 0.25) is 0 Å². The number of fused-ring (bicyclic) bond motifs is 2. The third-order valence-corrected chi connectivity index (χ3v) is 6.18. The van der Waals surface area contributed by atoms with Crippen molar-refractivity contribution in [1.82, 2.24) is 19.4 Å². The molecule has 1 N–H and O–H groups in total. The molecule has 1 aliphatic heterocycles. The lowest BCUT2D eigenvalue weighted by Gasteiger charge is -2.28. The number of hydrogen-bond acceptors (Lipinski definition) is 3. The fourth-order valence-corrected chi connectivity index (χ4v) is 4.51. The van der Waals surface area contributed by atoms with Gasteiger partial charge in [0.1, 0.15) is 11.5 Å². The quantitative estimate of drug-likeness (QED) is 0.490. The molecule has 32 heavy (non-hydrogen) atoms. The molecule has 162 valence electrons. The molecule has 0 saturated carbocycles. The highest BCUT2D eigenvalue weighted by atomic mass is 16.2. The number of para-hydroxylation sites is 2. The van der Waals surface area contributed by atoms with Crippen LogP contribution in [0.1, 0.15) is 37.6 Å². The van der Waals surface area contributed by atoms with E-state index in [-0.39, 0.29) is 11.5 Å². The third kappa shape index (κ3) is 3.51. The number of aromatic amines is 1. The van der Waals surface area contributed by atoms with Gasteiger partial charge in [-0.1, -0.05) is 37.3 Å². The van der Waals surface area contributed by atoms with Crippen molar-refractivity contribution in [2.24, 2.45) is 0 Å². The van der Waals surface area contributed by atoms with E-state index in [4.69, 9.17) is 4.98 Å². The molecular weight excluding hydrogens is 400 g/mol. The molecule has 6 nitrogen and oxygen atoms in total. The lowest BCUT2D eigenvalue weighted by atomic mass is 10.1. The Balaban J connectivity index is 1.76. The Morgan fingerprint density at radius 1 is 1.03 bits per heavy atom. The maximum atomic E-state index is 13.8. The molecule has 0 radical (unpaired) electrons. The van der Waals surface area contributed by atoms with Crippen LogP contribution >= 0.6 is 0 Å². The second-order valence-electron chi connectivity index (χ2n) is 8.21. The zero-order valence-electron chi connectivity index (χ0n) is 18.2. The first-order valence-electron chi connectivity index (χ1n) is 11.3. The smallest absolute Gasteiger partial charge is 0.271 e. The van der Waals surface area contributed by atoms with E-state index in [1.165, 1.54) is 4.57 Å². The fraction of sp³-hybridized carbons (Fsp3) is 0.269. The summed E-state index contributed by atoms with van der Waals surface area (Å²) in [4.78, 5) is 37.3. The number of carbonyl (C=O) groups is 1. The summed E-state index contributed by atoms with van der Waals surface area (Å²) in [6, 6.07) is 15.3. The summed E-state index contributed by atoms with van der Waals surface area (Å²) in [5.41, 5.74) is 2.68. The first-order chi connectivity index (χ1) is 15.7. The van der Waals surface area contributed by atoms with Crippen molar-refractivity contribution in [1.29, 1.82) is 0 Å². The van der Waals surface area contributed by atoms with Crippen molar-refractivity contribution in [3.63, 3.8) is 0 Å². The van der Waals surface area contributed by atoms with Crippen molar-refractivity contribution < 1.29 is 4.79 Å². The molecule has 0 aliphatic carbocycles. The normalized spacial score (nSPS) is 14.9. The monoisotopic (exact) mass is 426 g/mol. The van der Waals surface area contributed by atoms with Crippen molar-refractivity contribution in [2.45, 2.75) is 32.6 Å². The van der Waals surface area contributed by atoms with Crippen LogP contribution in [0.3, 0.4) is 0 Å². The number of nitrogens with one attached hydrogen (secondary N) is 1. The SMILES string of the molecule is CCc1nc2ccccc2c(=O)n1/C(=C/c1c[nH]c2ccccc12)C(=O)N1CCCCC1. The molecule has 1 amide bonds. The van der Waals surface area contributed by atoms with E-state index in [1.807, 2.05) is 66.6 Å². The summed E-state index contributed by atoms with van der Waals surface area (Å²) in [7, 11) is 0. The van der Waals surface area contributed by atoms with Gasteiger partial charge in [0.15, 0.2) is 0 Å². The molecule has 0 unspecified atom stereocenters. The van der Waals surface area contributed by atoms with E-state index in [9.17, 15) is 9.59 Å². The average Bonchev–Trinajstić information content (AvgIpc) is 3.26. The Bertz CT molecular complexity index is 1390. The van der Waals surface area contributed by atoms with Gasteiger partial charge in [0.05, 0.1) is 10.9 Å². The summed E-state index contributed by atoms with van der Waals surface area (Å²) >= 11 is 0. The topological polar surface area (TPSA) is 71.0 Å². The van der Waals surface area contributed by atoms with E-state index < -0.39 is 0 Å². The number of hydrogen-bond donors (Lipinski definition) is 1. The van der Waals surface area contributed by atoms with E-state index in [0.29, 0.717) is 41.9 Å². The molecule has 1 aliphatic rings. The Morgan fingerprint density at radius 2 is 1.75 bits per heavy atom. The number of likely N-dealkylation sites (tertiary alicyclic amines) is 1. The van der Waals surface area contributed by atoms with Crippen LogP contribution in [0, 0.1) is 0 Å². The van der Waals surface area contributed by atoms with Gasteiger partial charge in [-0.25, -0.2) is 4.98 Å². The molecule has 0 atom stereocenters. The minimum absolute atomic E-state index is 0.121. The van der Waals surface area contributed by atoms with Crippen LogP contribution in [-0.4, -0.2) is 38.4 Å². The van der Waals surface area contributed by atoms with E-state index >= 15 is 0 Å². The number of H-pyrrole nitrogens is 1. The van der Waals surface area contributed by atoms with Gasteiger partial charge in [-0.15, -0.1) is 0 Å². The van der Waals surface area contributed by atoms with Crippen LogP contribution in [0.4, 0.5) is 0 Å². The predicted molar refractivity (Wildman–Crippen MR) is 128 cm³/mol. The molecule has 2 aromatic heterocycles. The molecule has 6 heteroatoms. The number of benzene rings is 2. The van der Waals surface area contributed by atoms with E-state index in [0.717, 1.165) is 35.7 Å². The highest BCUT2D eigenvalue weighted by Gasteiger charge is 2.25. The molecule has 4 aromatic rings.